The number of carboxylic acids is 1. The van der Waals surface area contributed by atoms with Crippen molar-refractivity contribution in [2.75, 3.05) is 0 Å². The fourth-order valence-corrected chi connectivity index (χ4v) is 2.34. The smallest absolute Gasteiger partial charge is 0.479 e. The van der Waals surface area contributed by atoms with Gasteiger partial charge in [-0.25, -0.2) is 4.79 Å². The van der Waals surface area contributed by atoms with Crippen molar-refractivity contribution in [1.82, 2.24) is 0 Å². The lowest BCUT2D eigenvalue weighted by molar-refractivity contribution is -0.180. The molecule has 1 aliphatic heterocycles. The molecule has 1 heterocycles. The Labute approximate surface area is 149 Å². The highest BCUT2D eigenvalue weighted by molar-refractivity contribution is 6.62. The monoisotopic (exact) mass is 350 g/mol. The van der Waals surface area contributed by atoms with E-state index in [1.54, 1.807) is 0 Å². The molecule has 2 rings (SSSR count). The highest BCUT2D eigenvalue weighted by Gasteiger charge is 2.51. The van der Waals surface area contributed by atoms with E-state index in [-0.39, 0.29) is 6.61 Å². The van der Waals surface area contributed by atoms with Gasteiger partial charge in [0.25, 0.3) is 0 Å². The third-order valence-corrected chi connectivity index (χ3v) is 5.27. The van der Waals surface area contributed by atoms with E-state index in [4.69, 9.17) is 14.0 Å². The van der Waals surface area contributed by atoms with E-state index in [0.29, 0.717) is 0 Å². The summed E-state index contributed by atoms with van der Waals surface area (Å²) in [5.41, 5.74) is -0.767. The van der Waals surface area contributed by atoms with E-state index in [1.165, 1.54) is 13.8 Å². The highest BCUT2D eigenvalue weighted by atomic mass is 16.7. The number of carboxylic acid groups (broad SMARTS) is 1. The molecule has 25 heavy (non-hydrogen) atoms. The number of aliphatic hydroxyl groups excluding tert-OH is 1. The molecule has 0 bridgehead atoms. The molecule has 6 nitrogen and oxygen atoms in total. The molecule has 0 aliphatic carbocycles. The summed E-state index contributed by atoms with van der Waals surface area (Å²) in [5, 5.41) is 18.9. The minimum Gasteiger partial charge on any atom is -0.479 e. The topological polar surface area (TPSA) is 85.2 Å². The van der Waals surface area contributed by atoms with Crippen LogP contribution in [0.15, 0.2) is 24.3 Å². The second-order valence-corrected chi connectivity index (χ2v) is 7.71. The first-order valence-electron chi connectivity index (χ1n) is 8.39. The van der Waals surface area contributed by atoms with E-state index >= 15 is 0 Å². The normalized spacial score (nSPS) is 22.4. The number of hydrogen-bond acceptors (Lipinski definition) is 5. The zero-order chi connectivity index (χ0) is 19.0. The summed E-state index contributed by atoms with van der Waals surface area (Å²) < 4.78 is 17.5. The van der Waals surface area contributed by atoms with Crippen molar-refractivity contribution in [3.05, 3.63) is 29.8 Å². The molecule has 0 spiro atoms. The molecule has 1 saturated heterocycles. The van der Waals surface area contributed by atoms with Gasteiger partial charge in [-0.2, -0.15) is 0 Å². The summed E-state index contributed by atoms with van der Waals surface area (Å²) in [4.78, 5) is 11.3. The van der Waals surface area contributed by atoms with Crippen LogP contribution in [0.5, 0.6) is 0 Å². The summed E-state index contributed by atoms with van der Waals surface area (Å²) in [6.45, 7) is 10.8. The molecule has 0 aromatic heterocycles. The van der Waals surface area contributed by atoms with Crippen molar-refractivity contribution in [1.29, 1.82) is 0 Å². The van der Waals surface area contributed by atoms with Crippen molar-refractivity contribution in [3.63, 3.8) is 0 Å². The van der Waals surface area contributed by atoms with Crippen LogP contribution in [0.3, 0.4) is 0 Å². The van der Waals surface area contributed by atoms with Crippen LogP contribution < -0.4 is 5.46 Å². The highest BCUT2D eigenvalue weighted by Crippen LogP contribution is 2.36. The maximum atomic E-state index is 11.3. The van der Waals surface area contributed by atoms with Gasteiger partial charge in [0.2, 0.25) is 0 Å². The van der Waals surface area contributed by atoms with Crippen LogP contribution in [0.2, 0.25) is 0 Å². The van der Waals surface area contributed by atoms with E-state index in [1.807, 2.05) is 52.0 Å². The molecule has 2 unspecified atom stereocenters. The molecular weight excluding hydrogens is 323 g/mol. The Balaban J connectivity index is 2.05. The lowest BCUT2D eigenvalue weighted by atomic mass is 9.79. The van der Waals surface area contributed by atoms with Crippen LogP contribution >= 0.6 is 0 Å². The Kier molecular flexibility index (Phi) is 5.35. The van der Waals surface area contributed by atoms with Gasteiger partial charge in [-0.05, 0) is 52.6 Å². The summed E-state index contributed by atoms with van der Waals surface area (Å²) in [6, 6.07) is 7.43. The molecular formula is C18H27BO6. The van der Waals surface area contributed by atoms with E-state index in [2.05, 4.69) is 0 Å². The summed E-state index contributed by atoms with van der Waals surface area (Å²) in [6.07, 6.45) is -1.13. The lowest BCUT2D eigenvalue weighted by Crippen LogP contribution is -2.47. The van der Waals surface area contributed by atoms with E-state index in [0.717, 1.165) is 11.0 Å². The van der Waals surface area contributed by atoms with Crippen LogP contribution in [-0.4, -0.2) is 46.2 Å². The van der Waals surface area contributed by atoms with Gasteiger partial charge in [0.1, 0.15) is 0 Å². The van der Waals surface area contributed by atoms with Crippen molar-refractivity contribution >= 4 is 18.6 Å². The van der Waals surface area contributed by atoms with Crippen molar-refractivity contribution in [3.8, 4) is 0 Å². The summed E-state index contributed by atoms with van der Waals surface area (Å²) in [5.74, 6) is -1.20. The van der Waals surface area contributed by atoms with Crippen LogP contribution in [-0.2, 0) is 25.4 Å². The fourth-order valence-electron chi connectivity index (χ4n) is 2.34. The predicted octanol–water partition coefficient (Wildman–Crippen LogP) is 1.73. The van der Waals surface area contributed by atoms with Gasteiger partial charge in [-0.1, -0.05) is 24.3 Å². The number of aliphatic hydroxyl groups is 1. The van der Waals surface area contributed by atoms with Gasteiger partial charge in [0.15, 0.2) is 5.60 Å². The SMILES string of the molecule is CC(O)C(C)(OCc1ccc(B2OC(C)(C)C(C)(C)O2)cc1)C(=O)O. The number of carbonyl (C=O) groups is 1. The van der Waals surface area contributed by atoms with Crippen molar-refractivity contribution in [2.24, 2.45) is 0 Å². The second-order valence-electron chi connectivity index (χ2n) is 7.71. The Bertz CT molecular complexity index is 609. The van der Waals surface area contributed by atoms with E-state index < -0.39 is 36.0 Å². The van der Waals surface area contributed by atoms with Gasteiger partial charge in [0, 0.05) is 0 Å². The van der Waals surface area contributed by atoms with Gasteiger partial charge in [-0.15, -0.1) is 0 Å². The van der Waals surface area contributed by atoms with Crippen molar-refractivity contribution < 1.29 is 29.1 Å². The molecule has 1 aromatic carbocycles. The largest absolute Gasteiger partial charge is 0.494 e. The first-order valence-corrected chi connectivity index (χ1v) is 8.39. The average molecular weight is 350 g/mol. The summed E-state index contributed by atoms with van der Waals surface area (Å²) in [7, 11) is -0.443. The molecule has 0 radical (unpaired) electrons. The quantitative estimate of drug-likeness (QED) is 0.760. The molecule has 138 valence electrons. The zero-order valence-electron chi connectivity index (χ0n) is 15.7. The molecule has 1 fully saturated rings. The van der Waals surface area contributed by atoms with Gasteiger partial charge < -0.3 is 24.3 Å². The Hall–Kier alpha value is -1.41. The van der Waals surface area contributed by atoms with Crippen LogP contribution in [0.1, 0.15) is 47.1 Å². The van der Waals surface area contributed by atoms with Gasteiger partial charge in [0.05, 0.1) is 23.9 Å². The molecule has 0 saturated carbocycles. The first kappa shape index (κ1) is 19.9. The van der Waals surface area contributed by atoms with E-state index in [9.17, 15) is 15.0 Å². The van der Waals surface area contributed by atoms with Gasteiger partial charge in [-0.3, -0.25) is 0 Å². The first-order chi connectivity index (χ1) is 11.4. The minimum atomic E-state index is -1.65. The fraction of sp³-hybridized carbons (Fsp3) is 0.611. The van der Waals surface area contributed by atoms with Crippen LogP contribution in [0.25, 0.3) is 0 Å². The third-order valence-electron chi connectivity index (χ3n) is 5.27. The number of rotatable bonds is 6. The summed E-state index contributed by atoms with van der Waals surface area (Å²) >= 11 is 0. The van der Waals surface area contributed by atoms with Gasteiger partial charge >= 0.3 is 13.1 Å². The number of hydrogen-bond donors (Lipinski definition) is 2. The Morgan fingerprint density at radius 1 is 1.20 bits per heavy atom. The molecule has 7 heteroatoms. The Morgan fingerprint density at radius 2 is 1.68 bits per heavy atom. The van der Waals surface area contributed by atoms with Crippen LogP contribution in [0.4, 0.5) is 0 Å². The molecule has 2 N–H and O–H groups in total. The molecule has 2 atom stereocenters. The third kappa shape index (κ3) is 3.90. The second kappa shape index (κ2) is 6.72. The molecule has 1 aromatic rings. The molecule has 0 amide bonds. The maximum Gasteiger partial charge on any atom is 0.494 e. The predicted molar refractivity (Wildman–Crippen MR) is 94.7 cm³/mol. The number of aliphatic carboxylic acids is 1. The maximum absolute atomic E-state index is 11.3. The standard InChI is InChI=1S/C18H27BO6/c1-12(20)18(6,15(21)22)23-11-13-7-9-14(10-8-13)19-24-16(2,3)17(4,5)25-19/h7-10,12,20H,11H2,1-6H3,(H,21,22). The van der Waals surface area contributed by atoms with Crippen LogP contribution in [0, 0.1) is 0 Å². The number of benzene rings is 1. The zero-order valence-corrected chi connectivity index (χ0v) is 15.7. The Morgan fingerprint density at radius 3 is 2.08 bits per heavy atom. The molecule has 1 aliphatic rings. The number of ether oxygens (including phenoxy) is 1. The van der Waals surface area contributed by atoms with Crippen molar-refractivity contribution in [2.45, 2.75) is 71.1 Å². The average Bonchev–Trinajstić information content (AvgIpc) is 2.73. The lowest BCUT2D eigenvalue weighted by Gasteiger charge is -2.32. The minimum absolute atomic E-state index is 0.0807.